The lowest BCUT2D eigenvalue weighted by molar-refractivity contribution is 0.835. The smallest absolute Gasteiger partial charge is 0.0794 e. The van der Waals surface area contributed by atoms with Crippen LogP contribution in [0.25, 0.3) is 0 Å². The lowest BCUT2D eigenvalue weighted by atomic mass is 10.3. The van der Waals surface area contributed by atoms with E-state index in [1.54, 1.807) is 23.0 Å². The molecule has 2 nitrogen and oxygen atoms in total. The van der Waals surface area contributed by atoms with E-state index < -0.39 is 0 Å². The van der Waals surface area contributed by atoms with E-state index in [0.29, 0.717) is 0 Å². The Labute approximate surface area is 76.7 Å². The summed E-state index contributed by atoms with van der Waals surface area (Å²) in [5.41, 5.74) is 7.32. The van der Waals surface area contributed by atoms with Crippen LogP contribution in [0.15, 0.2) is 11.7 Å². The van der Waals surface area contributed by atoms with Crippen LogP contribution in [0.4, 0.5) is 0 Å². The van der Waals surface area contributed by atoms with Crippen molar-refractivity contribution < 1.29 is 0 Å². The van der Waals surface area contributed by atoms with Crippen LogP contribution < -0.4 is 5.73 Å². The zero-order valence-electron chi connectivity index (χ0n) is 5.48. The molecule has 0 fully saturated rings. The van der Waals surface area contributed by atoms with E-state index in [1.807, 2.05) is 6.92 Å². The van der Waals surface area contributed by atoms with Gasteiger partial charge in [-0.05, 0) is 6.92 Å². The Morgan fingerprint density at radius 2 is 2.20 bits per heavy atom. The van der Waals surface area contributed by atoms with Gasteiger partial charge in [0.05, 0.1) is 5.51 Å². The molecule has 1 atom stereocenters. The highest BCUT2D eigenvalue weighted by atomic mass is 35.5. The Morgan fingerprint density at radius 3 is 2.40 bits per heavy atom. The Bertz CT molecular complexity index is 153. The van der Waals surface area contributed by atoms with E-state index in [4.69, 9.17) is 5.73 Å². The molecule has 0 bridgehead atoms. The van der Waals surface area contributed by atoms with E-state index in [1.165, 1.54) is 0 Å². The molecule has 0 aliphatic rings. The van der Waals surface area contributed by atoms with Crippen molar-refractivity contribution >= 4 is 36.2 Å². The summed E-state index contributed by atoms with van der Waals surface area (Å²) in [6.07, 6.45) is 1.80. The zero-order chi connectivity index (χ0) is 5.98. The van der Waals surface area contributed by atoms with Gasteiger partial charge in [-0.15, -0.1) is 36.2 Å². The summed E-state index contributed by atoms with van der Waals surface area (Å²) in [5, 5.41) is 0. The van der Waals surface area contributed by atoms with Crippen LogP contribution >= 0.6 is 36.2 Å². The van der Waals surface area contributed by atoms with Gasteiger partial charge in [-0.25, -0.2) is 0 Å². The highest BCUT2D eigenvalue weighted by Gasteiger charge is 1.97. The van der Waals surface area contributed by atoms with Gasteiger partial charge in [-0.3, -0.25) is 4.98 Å². The van der Waals surface area contributed by atoms with Crippen LogP contribution in [0.5, 0.6) is 0 Å². The standard InChI is InChI=1S/C5H8N2S.2ClH/c1-4(6)5-2-7-3-8-5;;/h2-4H,6H2,1H3;2*1H/t4-;;/m1../s1. The predicted molar refractivity (Wildman–Crippen MR) is 49.2 cm³/mol. The van der Waals surface area contributed by atoms with E-state index in [-0.39, 0.29) is 30.9 Å². The van der Waals surface area contributed by atoms with Crippen LogP contribution in [-0.4, -0.2) is 4.98 Å². The van der Waals surface area contributed by atoms with Gasteiger partial charge in [-0.2, -0.15) is 0 Å². The molecule has 1 heterocycles. The fourth-order valence-corrected chi connectivity index (χ4v) is 1.03. The summed E-state index contributed by atoms with van der Waals surface area (Å²) in [4.78, 5) is 5.03. The minimum absolute atomic E-state index is 0. The molecule has 0 unspecified atom stereocenters. The van der Waals surface area contributed by atoms with Gasteiger partial charge in [0.1, 0.15) is 0 Å². The van der Waals surface area contributed by atoms with Crippen LogP contribution in [0.1, 0.15) is 17.8 Å². The summed E-state index contributed by atoms with van der Waals surface area (Å²) >= 11 is 1.59. The molecule has 0 radical (unpaired) electrons. The summed E-state index contributed by atoms with van der Waals surface area (Å²) in [5.74, 6) is 0. The first-order chi connectivity index (χ1) is 3.80. The Kier molecular flexibility index (Phi) is 7.58. The predicted octanol–water partition coefficient (Wildman–Crippen LogP) is 2.01. The van der Waals surface area contributed by atoms with Gasteiger partial charge in [0.15, 0.2) is 0 Å². The second-order valence-electron chi connectivity index (χ2n) is 1.69. The number of rotatable bonds is 1. The zero-order valence-corrected chi connectivity index (χ0v) is 7.93. The number of halogens is 2. The normalized spacial score (nSPS) is 11.0. The topological polar surface area (TPSA) is 38.9 Å². The SMILES string of the molecule is C[C@@H](N)c1cncs1.Cl.Cl. The second-order valence-corrected chi connectivity index (χ2v) is 2.61. The van der Waals surface area contributed by atoms with Crippen molar-refractivity contribution in [2.45, 2.75) is 13.0 Å². The van der Waals surface area contributed by atoms with Crippen LogP contribution in [0.2, 0.25) is 0 Å². The highest BCUT2D eigenvalue weighted by molar-refractivity contribution is 7.09. The number of aromatic nitrogens is 1. The number of thiazole rings is 1. The molecule has 1 aromatic heterocycles. The average Bonchev–Trinajstić information content (AvgIpc) is 2.12. The van der Waals surface area contributed by atoms with Crippen molar-refractivity contribution in [3.05, 3.63) is 16.6 Å². The largest absolute Gasteiger partial charge is 0.323 e. The third-order valence-corrected chi connectivity index (χ3v) is 1.88. The minimum Gasteiger partial charge on any atom is -0.323 e. The lowest BCUT2D eigenvalue weighted by Gasteiger charge is -1.95. The maximum atomic E-state index is 5.53. The lowest BCUT2D eigenvalue weighted by Crippen LogP contribution is -2.01. The highest BCUT2D eigenvalue weighted by Crippen LogP contribution is 2.12. The quantitative estimate of drug-likeness (QED) is 0.754. The van der Waals surface area contributed by atoms with Crippen LogP contribution in [-0.2, 0) is 0 Å². The van der Waals surface area contributed by atoms with Gasteiger partial charge in [0.25, 0.3) is 0 Å². The van der Waals surface area contributed by atoms with Crippen molar-refractivity contribution in [1.29, 1.82) is 0 Å². The van der Waals surface area contributed by atoms with Gasteiger partial charge in [0, 0.05) is 17.1 Å². The number of hydrogen-bond donors (Lipinski definition) is 1. The van der Waals surface area contributed by atoms with Crippen molar-refractivity contribution in [1.82, 2.24) is 4.98 Å². The molecule has 60 valence electrons. The monoisotopic (exact) mass is 200 g/mol. The molecule has 0 spiro atoms. The maximum Gasteiger partial charge on any atom is 0.0794 e. The van der Waals surface area contributed by atoms with Crippen LogP contribution in [0, 0.1) is 0 Å². The van der Waals surface area contributed by atoms with E-state index in [0.717, 1.165) is 4.88 Å². The minimum atomic E-state index is 0. The van der Waals surface area contributed by atoms with E-state index in [9.17, 15) is 0 Å². The molecule has 1 rings (SSSR count). The van der Waals surface area contributed by atoms with Gasteiger partial charge < -0.3 is 5.73 Å². The van der Waals surface area contributed by atoms with Crippen molar-refractivity contribution in [3.63, 3.8) is 0 Å². The molecular formula is C5H10Cl2N2S. The molecule has 0 aliphatic heterocycles. The molecule has 10 heavy (non-hydrogen) atoms. The fraction of sp³-hybridized carbons (Fsp3) is 0.400. The average molecular weight is 201 g/mol. The van der Waals surface area contributed by atoms with Gasteiger partial charge in [-0.1, -0.05) is 0 Å². The van der Waals surface area contributed by atoms with Gasteiger partial charge >= 0.3 is 0 Å². The third-order valence-electron chi connectivity index (χ3n) is 0.900. The van der Waals surface area contributed by atoms with Crippen LogP contribution in [0.3, 0.4) is 0 Å². The first-order valence-corrected chi connectivity index (χ1v) is 3.32. The second kappa shape index (κ2) is 5.92. The first kappa shape index (κ1) is 12.8. The molecule has 1 aromatic rings. The van der Waals surface area contributed by atoms with Crippen molar-refractivity contribution in [2.75, 3.05) is 0 Å². The molecule has 0 aromatic carbocycles. The fourth-order valence-electron chi connectivity index (χ4n) is 0.451. The number of nitrogens with zero attached hydrogens (tertiary/aromatic N) is 1. The molecular weight excluding hydrogens is 191 g/mol. The van der Waals surface area contributed by atoms with E-state index in [2.05, 4.69) is 4.98 Å². The molecule has 0 aliphatic carbocycles. The number of nitrogens with two attached hydrogens (primary N) is 1. The maximum absolute atomic E-state index is 5.53. The van der Waals surface area contributed by atoms with E-state index >= 15 is 0 Å². The Hall–Kier alpha value is 0.170. The molecule has 0 amide bonds. The number of hydrogen-bond acceptors (Lipinski definition) is 3. The molecule has 0 saturated heterocycles. The molecule has 2 N–H and O–H groups in total. The van der Waals surface area contributed by atoms with Gasteiger partial charge in [0.2, 0.25) is 0 Å². The Morgan fingerprint density at radius 1 is 1.60 bits per heavy atom. The summed E-state index contributed by atoms with van der Waals surface area (Å²) < 4.78 is 0. The summed E-state index contributed by atoms with van der Waals surface area (Å²) in [6, 6.07) is 0.141. The van der Waals surface area contributed by atoms with Crippen molar-refractivity contribution in [2.24, 2.45) is 5.73 Å². The molecule has 5 heteroatoms. The molecule has 0 saturated carbocycles. The Balaban J connectivity index is 0. The third kappa shape index (κ3) is 3.37. The summed E-state index contributed by atoms with van der Waals surface area (Å²) in [6.45, 7) is 1.95. The summed E-state index contributed by atoms with van der Waals surface area (Å²) in [7, 11) is 0. The van der Waals surface area contributed by atoms with Crippen molar-refractivity contribution in [3.8, 4) is 0 Å². The first-order valence-electron chi connectivity index (χ1n) is 2.44.